The molecule has 0 fully saturated rings. The molecule has 4 nitrogen and oxygen atoms in total. The van der Waals surface area contributed by atoms with Gasteiger partial charge in [-0.15, -0.1) is 0 Å². The lowest BCUT2D eigenvalue weighted by atomic mass is 10.0. The normalized spacial score (nSPS) is 10.7. The fourth-order valence-electron chi connectivity index (χ4n) is 2.62. The number of fused-ring (bicyclic) bond motifs is 1. The van der Waals surface area contributed by atoms with Crippen LogP contribution in [0.4, 0.5) is 0 Å². The fourth-order valence-corrected chi connectivity index (χ4v) is 2.77. The van der Waals surface area contributed by atoms with E-state index in [4.69, 9.17) is 16.3 Å². The number of Topliss-reactive ketones (excluding diaryl/α,β-unsaturated/α-hetero) is 1. The molecule has 0 aliphatic carbocycles. The van der Waals surface area contributed by atoms with E-state index in [9.17, 15) is 9.59 Å². The Morgan fingerprint density at radius 3 is 2.52 bits per heavy atom. The van der Waals surface area contributed by atoms with Gasteiger partial charge in [-0.2, -0.15) is 0 Å². The number of aryl methyl sites for hydroxylation is 2. The maximum Gasteiger partial charge on any atom is 0.339 e. The largest absolute Gasteiger partial charge is 0.454 e. The van der Waals surface area contributed by atoms with Crippen molar-refractivity contribution in [1.82, 2.24) is 4.98 Å². The summed E-state index contributed by atoms with van der Waals surface area (Å²) in [6, 6.07) is 13.9. The Hall–Kier alpha value is -2.72. The SMILES string of the molecule is Cc1cc(C(=O)OCC(=O)c2ccccc2)c2ccc(Cl)c(C)c2n1. The average molecular weight is 354 g/mol. The summed E-state index contributed by atoms with van der Waals surface area (Å²) in [6.07, 6.45) is 0. The average Bonchev–Trinajstić information content (AvgIpc) is 2.63. The second kappa shape index (κ2) is 7.03. The molecular formula is C20H16ClNO3. The molecule has 0 saturated heterocycles. The van der Waals surface area contributed by atoms with Gasteiger partial charge in [-0.1, -0.05) is 48.0 Å². The minimum absolute atomic E-state index is 0.247. The first-order chi connectivity index (χ1) is 12.0. The summed E-state index contributed by atoms with van der Waals surface area (Å²) in [5.74, 6) is -0.801. The van der Waals surface area contributed by atoms with Crippen molar-refractivity contribution >= 4 is 34.3 Å². The summed E-state index contributed by atoms with van der Waals surface area (Å²) in [4.78, 5) is 29.1. The third-order valence-corrected chi connectivity index (χ3v) is 4.36. The fraction of sp³-hybridized carbons (Fsp3) is 0.150. The molecule has 3 rings (SSSR count). The number of pyridine rings is 1. The van der Waals surface area contributed by atoms with E-state index in [-0.39, 0.29) is 12.4 Å². The standard InChI is InChI=1S/C20H16ClNO3/c1-12-10-16(15-8-9-17(21)13(2)19(15)22-12)20(24)25-11-18(23)14-6-4-3-5-7-14/h3-10H,11H2,1-2H3. The van der Waals surface area contributed by atoms with Crippen LogP contribution in [-0.4, -0.2) is 23.3 Å². The van der Waals surface area contributed by atoms with Crippen molar-refractivity contribution in [1.29, 1.82) is 0 Å². The zero-order valence-electron chi connectivity index (χ0n) is 13.9. The topological polar surface area (TPSA) is 56.3 Å². The minimum Gasteiger partial charge on any atom is -0.454 e. The van der Waals surface area contributed by atoms with Gasteiger partial charge >= 0.3 is 5.97 Å². The molecule has 2 aromatic carbocycles. The zero-order valence-corrected chi connectivity index (χ0v) is 14.6. The van der Waals surface area contributed by atoms with Gasteiger partial charge in [-0.05, 0) is 31.5 Å². The number of hydrogen-bond donors (Lipinski definition) is 0. The molecule has 0 amide bonds. The van der Waals surface area contributed by atoms with Crippen molar-refractivity contribution in [3.05, 3.63) is 75.9 Å². The van der Waals surface area contributed by atoms with Crippen LogP contribution in [0.25, 0.3) is 10.9 Å². The first kappa shape index (κ1) is 17.1. The zero-order chi connectivity index (χ0) is 18.0. The summed E-state index contributed by atoms with van der Waals surface area (Å²) in [5.41, 5.74) is 3.03. The number of ether oxygens (including phenoxy) is 1. The van der Waals surface area contributed by atoms with E-state index in [0.29, 0.717) is 32.7 Å². The molecule has 25 heavy (non-hydrogen) atoms. The molecule has 5 heteroatoms. The molecule has 1 heterocycles. The molecule has 0 atom stereocenters. The van der Waals surface area contributed by atoms with Crippen molar-refractivity contribution in [3.8, 4) is 0 Å². The van der Waals surface area contributed by atoms with Gasteiger partial charge in [-0.3, -0.25) is 9.78 Å². The number of carbonyl (C=O) groups excluding carboxylic acids is 2. The first-order valence-electron chi connectivity index (χ1n) is 7.79. The molecule has 1 aromatic heterocycles. The van der Waals surface area contributed by atoms with Gasteiger partial charge in [0, 0.05) is 21.7 Å². The Morgan fingerprint density at radius 2 is 1.80 bits per heavy atom. The maximum atomic E-state index is 12.5. The van der Waals surface area contributed by atoms with E-state index in [0.717, 1.165) is 5.56 Å². The second-order valence-corrected chi connectivity index (χ2v) is 6.15. The third kappa shape index (κ3) is 3.54. The molecule has 0 unspecified atom stereocenters. The molecule has 126 valence electrons. The molecule has 0 bridgehead atoms. The van der Waals surface area contributed by atoms with Crippen LogP contribution < -0.4 is 0 Å². The molecule has 0 saturated carbocycles. The van der Waals surface area contributed by atoms with Crippen molar-refractivity contribution < 1.29 is 14.3 Å². The summed E-state index contributed by atoms with van der Waals surface area (Å²) in [6.45, 7) is 3.34. The van der Waals surface area contributed by atoms with Gasteiger partial charge in [0.15, 0.2) is 12.4 Å². The Balaban J connectivity index is 1.87. The highest BCUT2D eigenvalue weighted by Gasteiger charge is 2.17. The molecule has 0 N–H and O–H groups in total. The highest BCUT2D eigenvalue weighted by molar-refractivity contribution is 6.32. The van der Waals surface area contributed by atoms with Crippen LogP contribution in [0.15, 0.2) is 48.5 Å². The monoisotopic (exact) mass is 353 g/mol. The van der Waals surface area contributed by atoms with Gasteiger partial charge in [0.2, 0.25) is 0 Å². The second-order valence-electron chi connectivity index (χ2n) is 5.75. The number of esters is 1. The van der Waals surface area contributed by atoms with Crippen LogP contribution in [-0.2, 0) is 4.74 Å². The van der Waals surface area contributed by atoms with Crippen LogP contribution in [0, 0.1) is 13.8 Å². The van der Waals surface area contributed by atoms with Crippen LogP contribution in [0.5, 0.6) is 0 Å². The van der Waals surface area contributed by atoms with Gasteiger partial charge in [0.05, 0.1) is 11.1 Å². The van der Waals surface area contributed by atoms with E-state index < -0.39 is 5.97 Å². The van der Waals surface area contributed by atoms with E-state index in [1.807, 2.05) is 13.0 Å². The van der Waals surface area contributed by atoms with Crippen LogP contribution in [0.1, 0.15) is 32.0 Å². The van der Waals surface area contributed by atoms with Gasteiger partial charge in [0.1, 0.15) is 0 Å². The lowest BCUT2D eigenvalue weighted by molar-refractivity contribution is 0.0476. The number of rotatable bonds is 4. The molecule has 3 aromatic rings. The van der Waals surface area contributed by atoms with Crippen LogP contribution in [0.3, 0.4) is 0 Å². The first-order valence-corrected chi connectivity index (χ1v) is 8.17. The Kier molecular flexibility index (Phi) is 4.81. The predicted octanol–water partition coefficient (Wildman–Crippen LogP) is 4.54. The molecule has 0 aliphatic heterocycles. The van der Waals surface area contributed by atoms with Crippen molar-refractivity contribution in [2.75, 3.05) is 6.61 Å². The van der Waals surface area contributed by atoms with Crippen molar-refractivity contribution in [2.45, 2.75) is 13.8 Å². The summed E-state index contributed by atoms with van der Waals surface area (Å²) >= 11 is 6.14. The number of ketones is 1. The Morgan fingerprint density at radius 1 is 1.08 bits per heavy atom. The Bertz CT molecular complexity index is 968. The van der Waals surface area contributed by atoms with E-state index in [2.05, 4.69) is 4.98 Å². The number of hydrogen-bond acceptors (Lipinski definition) is 4. The van der Waals surface area contributed by atoms with Gasteiger partial charge < -0.3 is 4.74 Å². The molecule has 0 aliphatic rings. The number of benzene rings is 2. The van der Waals surface area contributed by atoms with Crippen molar-refractivity contribution in [2.24, 2.45) is 0 Å². The van der Waals surface area contributed by atoms with E-state index in [1.54, 1.807) is 49.4 Å². The molecular weight excluding hydrogens is 338 g/mol. The summed E-state index contributed by atoms with van der Waals surface area (Å²) in [7, 11) is 0. The third-order valence-electron chi connectivity index (χ3n) is 3.95. The van der Waals surface area contributed by atoms with E-state index in [1.165, 1.54) is 0 Å². The smallest absolute Gasteiger partial charge is 0.339 e. The Labute approximate surface area is 150 Å². The quantitative estimate of drug-likeness (QED) is 0.510. The lowest BCUT2D eigenvalue weighted by Gasteiger charge is -2.10. The lowest BCUT2D eigenvalue weighted by Crippen LogP contribution is -2.15. The predicted molar refractivity (Wildman–Crippen MR) is 97.3 cm³/mol. The summed E-state index contributed by atoms with van der Waals surface area (Å²) < 4.78 is 5.23. The highest BCUT2D eigenvalue weighted by atomic mass is 35.5. The summed E-state index contributed by atoms with van der Waals surface area (Å²) in [5, 5.41) is 1.24. The molecule has 0 radical (unpaired) electrons. The van der Waals surface area contributed by atoms with Crippen molar-refractivity contribution in [3.63, 3.8) is 0 Å². The van der Waals surface area contributed by atoms with Crippen LogP contribution in [0.2, 0.25) is 5.02 Å². The van der Waals surface area contributed by atoms with Gasteiger partial charge in [0.25, 0.3) is 0 Å². The number of halogens is 1. The highest BCUT2D eigenvalue weighted by Crippen LogP contribution is 2.27. The van der Waals surface area contributed by atoms with E-state index >= 15 is 0 Å². The maximum absolute atomic E-state index is 12.5. The number of nitrogens with zero attached hydrogens (tertiary/aromatic N) is 1. The minimum atomic E-state index is -0.554. The molecule has 0 spiro atoms. The van der Waals surface area contributed by atoms with Gasteiger partial charge in [-0.25, -0.2) is 4.79 Å². The number of aromatic nitrogens is 1. The van der Waals surface area contributed by atoms with Crippen LogP contribution >= 0.6 is 11.6 Å². The number of carbonyl (C=O) groups is 2.